The minimum absolute atomic E-state index is 0. The lowest BCUT2D eigenvalue weighted by Crippen LogP contribution is -2.41. The van der Waals surface area contributed by atoms with Gasteiger partial charge in [0.1, 0.15) is 0 Å². The molecule has 0 radical (unpaired) electrons. The summed E-state index contributed by atoms with van der Waals surface area (Å²) in [6.45, 7) is 13.8. The lowest BCUT2D eigenvalue weighted by atomic mass is 10.2. The zero-order chi connectivity index (χ0) is 22.0. The molecule has 0 fully saturated rings. The summed E-state index contributed by atoms with van der Waals surface area (Å²) in [4.78, 5) is 7.37. The van der Waals surface area contributed by atoms with E-state index in [4.69, 9.17) is 0 Å². The molecule has 0 atom stereocenters. The van der Waals surface area contributed by atoms with E-state index in [0.29, 0.717) is 35.0 Å². The number of benzene rings is 1. The number of nitrogens with zero attached hydrogens (tertiary/aromatic N) is 3. The minimum Gasteiger partial charge on any atom is -0.357 e. The van der Waals surface area contributed by atoms with Gasteiger partial charge in [-0.2, -0.15) is 0 Å². The van der Waals surface area contributed by atoms with Crippen LogP contribution in [0.5, 0.6) is 0 Å². The van der Waals surface area contributed by atoms with Crippen molar-refractivity contribution in [3.05, 3.63) is 29.8 Å². The van der Waals surface area contributed by atoms with Crippen LogP contribution < -0.4 is 10.6 Å². The second-order valence-corrected chi connectivity index (χ2v) is 9.92. The Morgan fingerprint density at radius 3 is 2.20 bits per heavy atom. The molecule has 174 valence electrons. The quantitative estimate of drug-likeness (QED) is 0.191. The molecule has 1 aromatic carbocycles. The molecule has 1 rings (SSSR count). The average Bonchev–Trinajstić information content (AvgIpc) is 2.65. The smallest absolute Gasteiger partial charge is 0.242 e. The lowest BCUT2D eigenvalue weighted by Gasteiger charge is -2.30. The molecule has 30 heavy (non-hydrogen) atoms. The van der Waals surface area contributed by atoms with Gasteiger partial charge < -0.3 is 10.6 Å². The second kappa shape index (κ2) is 14.2. The van der Waals surface area contributed by atoms with E-state index < -0.39 is 10.0 Å². The van der Waals surface area contributed by atoms with Crippen LogP contribution in [-0.4, -0.2) is 69.4 Å². The zero-order valence-electron chi connectivity index (χ0n) is 19.5. The summed E-state index contributed by atoms with van der Waals surface area (Å²) in [5, 5.41) is 6.59. The Labute approximate surface area is 200 Å². The maximum atomic E-state index is 12.5. The predicted octanol–water partition coefficient (Wildman–Crippen LogP) is 3.12. The molecule has 2 N–H and O–H groups in total. The molecule has 0 amide bonds. The van der Waals surface area contributed by atoms with E-state index in [1.807, 2.05) is 19.1 Å². The first-order valence-corrected chi connectivity index (χ1v) is 11.8. The van der Waals surface area contributed by atoms with E-state index >= 15 is 0 Å². The fraction of sp³-hybridized carbons (Fsp3) is 0.667. The predicted molar refractivity (Wildman–Crippen MR) is 137 cm³/mol. The molecule has 0 saturated heterocycles. The number of guanidine groups is 1. The van der Waals surface area contributed by atoms with Gasteiger partial charge in [-0.25, -0.2) is 17.7 Å². The Hall–Kier alpha value is -0.910. The second-order valence-electron chi connectivity index (χ2n) is 7.80. The highest BCUT2D eigenvalue weighted by Gasteiger charge is 2.20. The van der Waals surface area contributed by atoms with Crippen LogP contribution in [-0.2, 0) is 16.6 Å². The van der Waals surface area contributed by atoms with Gasteiger partial charge in [-0.15, -0.1) is 24.0 Å². The third kappa shape index (κ3) is 9.07. The standard InChI is InChI=1S/C21H39N5O2S.HI/c1-8-22-21(23-14-11-15-26(17(2)3)18(4)5)24-16-19-12-9-10-13-20(19)29(27,28)25(6)7;/h9-10,12-13,17-18H,8,11,14-16H2,1-7H3,(H2,22,23,24);1H. The van der Waals surface area contributed by atoms with E-state index in [1.165, 1.54) is 4.31 Å². The largest absolute Gasteiger partial charge is 0.357 e. The van der Waals surface area contributed by atoms with Crippen molar-refractivity contribution in [1.29, 1.82) is 0 Å². The summed E-state index contributed by atoms with van der Waals surface area (Å²) in [6, 6.07) is 8.06. The Morgan fingerprint density at radius 2 is 1.67 bits per heavy atom. The highest BCUT2D eigenvalue weighted by atomic mass is 127. The number of hydrogen-bond donors (Lipinski definition) is 2. The van der Waals surface area contributed by atoms with Crippen LogP contribution in [0.15, 0.2) is 34.2 Å². The van der Waals surface area contributed by atoms with Crippen molar-refractivity contribution in [2.24, 2.45) is 4.99 Å². The van der Waals surface area contributed by atoms with Crippen LogP contribution in [0.1, 0.15) is 46.6 Å². The number of hydrogen-bond acceptors (Lipinski definition) is 4. The highest BCUT2D eigenvalue weighted by molar-refractivity contribution is 14.0. The summed E-state index contributed by atoms with van der Waals surface area (Å²) in [5.41, 5.74) is 0.684. The SMILES string of the molecule is CCNC(=NCc1ccccc1S(=O)(=O)N(C)C)NCCCN(C(C)C)C(C)C.I. The summed E-state index contributed by atoms with van der Waals surface area (Å²) >= 11 is 0. The van der Waals surface area contributed by atoms with Crippen molar-refractivity contribution in [2.75, 3.05) is 33.7 Å². The highest BCUT2D eigenvalue weighted by Crippen LogP contribution is 2.19. The van der Waals surface area contributed by atoms with Gasteiger partial charge in [0.2, 0.25) is 10.0 Å². The Balaban J connectivity index is 0.00000841. The van der Waals surface area contributed by atoms with Crippen LogP contribution in [0, 0.1) is 0 Å². The summed E-state index contributed by atoms with van der Waals surface area (Å²) in [6.07, 6.45) is 1.01. The van der Waals surface area contributed by atoms with E-state index in [1.54, 1.807) is 26.2 Å². The molecule has 1 aromatic rings. The van der Waals surface area contributed by atoms with Crippen molar-refractivity contribution >= 4 is 40.0 Å². The molecule has 9 heteroatoms. The number of sulfonamides is 1. The van der Waals surface area contributed by atoms with Gasteiger partial charge in [0.05, 0.1) is 11.4 Å². The van der Waals surface area contributed by atoms with Gasteiger partial charge in [0.25, 0.3) is 0 Å². The minimum atomic E-state index is -3.50. The van der Waals surface area contributed by atoms with Gasteiger partial charge in [-0.3, -0.25) is 4.90 Å². The molecule has 7 nitrogen and oxygen atoms in total. The van der Waals surface area contributed by atoms with E-state index in [2.05, 4.69) is 48.2 Å². The first-order chi connectivity index (χ1) is 13.6. The van der Waals surface area contributed by atoms with E-state index in [0.717, 1.165) is 26.1 Å². The van der Waals surface area contributed by atoms with Crippen molar-refractivity contribution in [2.45, 2.75) is 64.6 Å². The van der Waals surface area contributed by atoms with Gasteiger partial charge in [0.15, 0.2) is 5.96 Å². The van der Waals surface area contributed by atoms with Crippen molar-refractivity contribution in [3.63, 3.8) is 0 Å². The molecule has 0 spiro atoms. The van der Waals surface area contributed by atoms with E-state index in [9.17, 15) is 8.42 Å². The van der Waals surface area contributed by atoms with Crippen LogP contribution in [0.2, 0.25) is 0 Å². The summed E-state index contributed by atoms with van der Waals surface area (Å²) in [5.74, 6) is 0.699. The van der Waals surface area contributed by atoms with Gasteiger partial charge in [-0.05, 0) is 52.7 Å². The lowest BCUT2D eigenvalue weighted by molar-refractivity contribution is 0.173. The molecule has 0 heterocycles. The molecule has 0 bridgehead atoms. The molecule has 0 saturated carbocycles. The Morgan fingerprint density at radius 1 is 1.07 bits per heavy atom. The van der Waals surface area contributed by atoms with Crippen molar-refractivity contribution in [3.8, 4) is 0 Å². The summed E-state index contributed by atoms with van der Waals surface area (Å²) in [7, 11) is -0.416. The molecular weight excluding hydrogens is 513 g/mol. The van der Waals surface area contributed by atoms with Crippen LogP contribution >= 0.6 is 24.0 Å². The van der Waals surface area contributed by atoms with Gasteiger partial charge in [-0.1, -0.05) is 18.2 Å². The fourth-order valence-electron chi connectivity index (χ4n) is 3.17. The third-order valence-electron chi connectivity index (χ3n) is 4.70. The molecule has 0 aliphatic carbocycles. The molecular formula is C21H40IN5O2S. The molecule has 0 aliphatic rings. The van der Waals surface area contributed by atoms with Crippen molar-refractivity contribution < 1.29 is 8.42 Å². The monoisotopic (exact) mass is 553 g/mol. The number of nitrogens with one attached hydrogen (secondary N) is 2. The first-order valence-electron chi connectivity index (χ1n) is 10.4. The van der Waals surface area contributed by atoms with E-state index in [-0.39, 0.29) is 24.0 Å². The zero-order valence-corrected chi connectivity index (χ0v) is 22.6. The maximum Gasteiger partial charge on any atom is 0.242 e. The fourth-order valence-corrected chi connectivity index (χ4v) is 4.28. The van der Waals surface area contributed by atoms with Gasteiger partial charge in [0, 0.05) is 45.8 Å². The first kappa shape index (κ1) is 29.1. The Bertz CT molecular complexity index is 744. The third-order valence-corrected chi connectivity index (χ3v) is 6.61. The van der Waals surface area contributed by atoms with Gasteiger partial charge >= 0.3 is 0 Å². The molecule has 0 aromatic heterocycles. The normalized spacial score (nSPS) is 12.6. The number of aliphatic imine (C=N–C) groups is 1. The van der Waals surface area contributed by atoms with Crippen LogP contribution in [0.4, 0.5) is 0 Å². The topological polar surface area (TPSA) is 77.0 Å². The van der Waals surface area contributed by atoms with Crippen LogP contribution in [0.3, 0.4) is 0 Å². The maximum absolute atomic E-state index is 12.5. The number of halogens is 1. The summed E-state index contributed by atoms with van der Waals surface area (Å²) < 4.78 is 26.3. The molecule has 0 aliphatic heterocycles. The van der Waals surface area contributed by atoms with Crippen LogP contribution in [0.25, 0.3) is 0 Å². The van der Waals surface area contributed by atoms with Crippen molar-refractivity contribution in [1.82, 2.24) is 19.8 Å². The average molecular weight is 554 g/mol. The Kier molecular flexibility index (Phi) is 13.8. The molecule has 0 unspecified atom stereocenters. The number of rotatable bonds is 11.